The van der Waals surface area contributed by atoms with Gasteiger partial charge in [0.2, 0.25) is 0 Å². The number of hydrogen-bond donors (Lipinski definition) is 2. The number of hydrogen-bond acceptors (Lipinski definition) is 4. The van der Waals surface area contributed by atoms with Crippen LogP contribution in [0.25, 0.3) is 11.1 Å². The lowest BCUT2D eigenvalue weighted by molar-refractivity contribution is -0.139. The Morgan fingerprint density at radius 2 is 1.37 bits per heavy atom. The van der Waals surface area contributed by atoms with Crippen molar-refractivity contribution in [1.82, 2.24) is 5.32 Å². The van der Waals surface area contributed by atoms with Crippen molar-refractivity contribution in [2.24, 2.45) is 0 Å². The van der Waals surface area contributed by atoms with Crippen molar-refractivity contribution in [2.45, 2.75) is 51.4 Å². The molecule has 180 valence electrons. The molecule has 1 aliphatic rings. The molecule has 1 saturated heterocycles. The first-order chi connectivity index (χ1) is 16.6. The maximum Gasteiger partial charge on any atom is 0.494 e. The van der Waals surface area contributed by atoms with Crippen LogP contribution in [0, 0.1) is 0 Å². The van der Waals surface area contributed by atoms with Crippen LogP contribution in [0.15, 0.2) is 78.9 Å². The normalized spacial score (nSPS) is 17.1. The highest BCUT2D eigenvalue weighted by molar-refractivity contribution is 6.62. The van der Waals surface area contributed by atoms with Gasteiger partial charge in [-0.25, -0.2) is 4.79 Å². The lowest BCUT2D eigenvalue weighted by atomic mass is 9.78. The van der Waals surface area contributed by atoms with Crippen molar-refractivity contribution >= 4 is 24.5 Å². The maximum absolute atomic E-state index is 12.7. The number of carboxylic acid groups (broad SMARTS) is 1. The molecule has 4 rings (SSSR count). The average Bonchev–Trinajstić information content (AvgIpc) is 3.06. The molecule has 1 heterocycles. The Bertz CT molecular complexity index is 1170. The molecule has 0 unspecified atom stereocenters. The molecule has 0 bridgehead atoms. The van der Waals surface area contributed by atoms with Crippen LogP contribution in [0.2, 0.25) is 0 Å². The van der Waals surface area contributed by atoms with E-state index in [1.54, 1.807) is 12.1 Å². The van der Waals surface area contributed by atoms with Crippen molar-refractivity contribution < 1.29 is 24.0 Å². The molecule has 3 aromatic carbocycles. The van der Waals surface area contributed by atoms with Gasteiger partial charge in [0.05, 0.1) is 11.2 Å². The molecule has 0 aliphatic carbocycles. The van der Waals surface area contributed by atoms with Crippen molar-refractivity contribution in [3.05, 3.63) is 90.0 Å². The number of aliphatic carboxylic acids is 1. The summed E-state index contributed by atoms with van der Waals surface area (Å²) in [6.45, 7) is 7.99. The molecule has 0 saturated carbocycles. The molecule has 1 atom stereocenters. The average molecular weight is 471 g/mol. The number of benzene rings is 3. The Kier molecular flexibility index (Phi) is 6.83. The third-order valence-corrected chi connectivity index (χ3v) is 6.80. The summed E-state index contributed by atoms with van der Waals surface area (Å²) in [4.78, 5) is 24.6. The van der Waals surface area contributed by atoms with Crippen LogP contribution >= 0.6 is 0 Å². The van der Waals surface area contributed by atoms with E-state index in [9.17, 15) is 14.7 Å². The fourth-order valence-corrected chi connectivity index (χ4v) is 3.91. The van der Waals surface area contributed by atoms with Gasteiger partial charge < -0.3 is 19.7 Å². The number of carbonyl (C=O) groups excluding carboxylic acids is 1. The molecule has 1 aliphatic heterocycles. The van der Waals surface area contributed by atoms with Crippen molar-refractivity contribution in [1.29, 1.82) is 0 Å². The van der Waals surface area contributed by atoms with Gasteiger partial charge in [-0.2, -0.15) is 0 Å². The van der Waals surface area contributed by atoms with Gasteiger partial charge in [-0.05, 0) is 62.0 Å². The molecule has 7 heteroatoms. The molecule has 0 radical (unpaired) electrons. The van der Waals surface area contributed by atoms with E-state index in [1.807, 2.05) is 94.4 Å². The van der Waals surface area contributed by atoms with E-state index in [0.29, 0.717) is 5.56 Å². The predicted molar refractivity (Wildman–Crippen MR) is 137 cm³/mol. The Hall–Kier alpha value is -3.42. The minimum Gasteiger partial charge on any atom is -0.480 e. The summed E-state index contributed by atoms with van der Waals surface area (Å²) < 4.78 is 12.1. The van der Waals surface area contributed by atoms with Crippen molar-refractivity contribution in [3.63, 3.8) is 0 Å². The van der Waals surface area contributed by atoms with Gasteiger partial charge in [0.1, 0.15) is 6.04 Å². The van der Waals surface area contributed by atoms with Gasteiger partial charge in [-0.1, -0.05) is 66.7 Å². The zero-order valence-electron chi connectivity index (χ0n) is 20.4. The van der Waals surface area contributed by atoms with Crippen molar-refractivity contribution in [3.8, 4) is 11.1 Å². The standard InChI is InChI=1S/C28H30BNO5/c1-27(2)28(3,4)35-29(34-27)23-16-10-19(11-17-23)18-24(26(32)33)30-25(31)22-14-12-21(13-15-22)20-8-6-5-7-9-20/h5-17,24H,18H2,1-4H3,(H,30,31)(H,32,33)/t24-/m1/s1. The summed E-state index contributed by atoms with van der Waals surface area (Å²) in [5, 5.41) is 12.4. The second kappa shape index (κ2) is 9.68. The summed E-state index contributed by atoms with van der Waals surface area (Å²) in [5.74, 6) is -1.51. The third-order valence-electron chi connectivity index (χ3n) is 6.80. The summed E-state index contributed by atoms with van der Waals surface area (Å²) in [6.07, 6.45) is 0.160. The van der Waals surface area contributed by atoms with Gasteiger partial charge in [0, 0.05) is 12.0 Å². The van der Waals surface area contributed by atoms with E-state index >= 15 is 0 Å². The second-order valence-electron chi connectivity index (χ2n) is 9.84. The van der Waals surface area contributed by atoms with Crippen LogP contribution in [-0.2, 0) is 20.5 Å². The lowest BCUT2D eigenvalue weighted by Crippen LogP contribution is -2.42. The first-order valence-corrected chi connectivity index (χ1v) is 11.7. The number of nitrogens with one attached hydrogen (secondary N) is 1. The summed E-state index contributed by atoms with van der Waals surface area (Å²) in [7, 11) is -0.483. The quantitative estimate of drug-likeness (QED) is 0.508. The largest absolute Gasteiger partial charge is 0.494 e. The number of rotatable bonds is 7. The fourth-order valence-electron chi connectivity index (χ4n) is 3.91. The van der Waals surface area contributed by atoms with Crippen LogP contribution in [0.4, 0.5) is 0 Å². The molecule has 35 heavy (non-hydrogen) atoms. The van der Waals surface area contributed by atoms with E-state index in [4.69, 9.17) is 9.31 Å². The SMILES string of the molecule is CC1(C)OB(c2ccc(C[C@@H](NC(=O)c3ccc(-c4ccccc4)cc3)C(=O)O)cc2)OC1(C)C. The van der Waals surface area contributed by atoms with E-state index < -0.39 is 36.2 Å². The Morgan fingerprint density at radius 3 is 1.91 bits per heavy atom. The van der Waals surface area contributed by atoms with Gasteiger partial charge in [0.15, 0.2) is 0 Å². The minimum atomic E-state index is -1.09. The summed E-state index contributed by atoms with van der Waals surface area (Å²) in [5.41, 5.74) is 3.22. The smallest absolute Gasteiger partial charge is 0.480 e. The van der Waals surface area contributed by atoms with E-state index in [-0.39, 0.29) is 6.42 Å². The monoisotopic (exact) mass is 471 g/mol. The van der Waals surface area contributed by atoms with Gasteiger partial charge in [0.25, 0.3) is 5.91 Å². The van der Waals surface area contributed by atoms with E-state index in [2.05, 4.69) is 5.32 Å². The zero-order valence-corrected chi connectivity index (χ0v) is 20.4. The third kappa shape index (κ3) is 5.47. The Balaban J connectivity index is 1.40. The molecule has 0 aromatic heterocycles. The molecular formula is C28H30BNO5. The fraction of sp³-hybridized carbons (Fsp3) is 0.286. The van der Waals surface area contributed by atoms with Crippen LogP contribution in [0.3, 0.4) is 0 Å². The number of amides is 1. The Morgan fingerprint density at radius 1 is 0.829 bits per heavy atom. The highest BCUT2D eigenvalue weighted by Crippen LogP contribution is 2.36. The summed E-state index contributed by atoms with van der Waals surface area (Å²) >= 11 is 0. The van der Waals surface area contributed by atoms with E-state index in [0.717, 1.165) is 22.2 Å². The molecule has 1 fully saturated rings. The highest BCUT2D eigenvalue weighted by atomic mass is 16.7. The molecule has 6 nitrogen and oxygen atoms in total. The molecular weight excluding hydrogens is 441 g/mol. The minimum absolute atomic E-state index is 0.160. The van der Waals surface area contributed by atoms with Crippen LogP contribution in [0.1, 0.15) is 43.6 Å². The van der Waals surface area contributed by atoms with Crippen LogP contribution in [-0.4, -0.2) is 41.3 Å². The molecule has 0 spiro atoms. The van der Waals surface area contributed by atoms with Crippen molar-refractivity contribution in [2.75, 3.05) is 0 Å². The second-order valence-corrected chi connectivity index (χ2v) is 9.84. The summed E-state index contributed by atoms with van der Waals surface area (Å²) in [6, 6.07) is 23.3. The lowest BCUT2D eigenvalue weighted by Gasteiger charge is -2.32. The number of carbonyl (C=O) groups is 2. The highest BCUT2D eigenvalue weighted by Gasteiger charge is 2.51. The Labute approximate surface area is 206 Å². The predicted octanol–water partition coefficient (Wildman–Crippen LogP) is 4.08. The van der Waals surface area contributed by atoms with Crippen LogP contribution < -0.4 is 10.8 Å². The zero-order chi connectivity index (χ0) is 25.2. The number of carboxylic acids is 1. The van der Waals surface area contributed by atoms with Crippen LogP contribution in [0.5, 0.6) is 0 Å². The molecule has 2 N–H and O–H groups in total. The first-order valence-electron chi connectivity index (χ1n) is 11.7. The first kappa shape index (κ1) is 24.7. The van der Waals surface area contributed by atoms with Gasteiger partial charge in [-0.3, -0.25) is 4.79 Å². The van der Waals surface area contributed by atoms with Gasteiger partial charge in [-0.15, -0.1) is 0 Å². The molecule has 1 amide bonds. The molecule has 3 aromatic rings. The van der Waals surface area contributed by atoms with E-state index in [1.165, 1.54) is 0 Å². The maximum atomic E-state index is 12.7. The topological polar surface area (TPSA) is 84.9 Å². The van der Waals surface area contributed by atoms with Gasteiger partial charge >= 0.3 is 13.1 Å².